The highest BCUT2D eigenvalue weighted by molar-refractivity contribution is 6.25. The highest BCUT2D eigenvalue weighted by atomic mass is 16.3. The number of Topliss-reactive ketones (excluding diaryl/α,β-unsaturated/α-hetero) is 2. The van der Waals surface area contributed by atoms with Crippen molar-refractivity contribution < 1.29 is 14.0 Å². The molecule has 17 heavy (non-hydrogen) atoms. The molecule has 0 atom stereocenters. The van der Waals surface area contributed by atoms with Crippen LogP contribution in [0.5, 0.6) is 0 Å². The van der Waals surface area contributed by atoms with Crippen LogP contribution in [0.3, 0.4) is 0 Å². The van der Waals surface area contributed by atoms with Crippen LogP contribution in [0.1, 0.15) is 60.4 Å². The molecule has 0 aliphatic heterocycles. The minimum Gasteiger partial charge on any atom is -0.460 e. The summed E-state index contributed by atoms with van der Waals surface area (Å²) >= 11 is 0. The third kappa shape index (κ3) is 1.86. The lowest BCUT2D eigenvalue weighted by atomic mass is 9.84. The van der Waals surface area contributed by atoms with Gasteiger partial charge in [-0.25, -0.2) is 0 Å². The van der Waals surface area contributed by atoms with Gasteiger partial charge in [-0.1, -0.05) is 26.7 Å². The number of fused-ring (bicyclic) bond motifs is 1. The lowest BCUT2D eigenvalue weighted by Crippen LogP contribution is -2.20. The normalized spacial score (nSPS) is 15.4. The third-order valence-corrected chi connectivity index (χ3v) is 3.03. The summed E-state index contributed by atoms with van der Waals surface area (Å²) in [5.74, 6) is 0.0897. The molecule has 90 valence electrons. The smallest absolute Gasteiger partial charge is 0.225 e. The second kappa shape index (κ2) is 4.70. The van der Waals surface area contributed by atoms with Crippen LogP contribution < -0.4 is 0 Å². The number of carbonyl (C=O) groups excluding carboxylic acids is 2. The molecule has 0 spiro atoms. The van der Waals surface area contributed by atoms with Crippen LogP contribution in [0.4, 0.5) is 0 Å². The first-order chi connectivity index (χ1) is 8.20. The second-order valence-corrected chi connectivity index (χ2v) is 4.28. The fourth-order valence-electron chi connectivity index (χ4n) is 2.27. The second-order valence-electron chi connectivity index (χ2n) is 4.28. The van der Waals surface area contributed by atoms with Crippen molar-refractivity contribution in [1.82, 2.24) is 0 Å². The summed E-state index contributed by atoms with van der Waals surface area (Å²) in [6.45, 7) is 4.02. The molecular formula is C14H16O3. The summed E-state index contributed by atoms with van der Waals surface area (Å²) in [4.78, 5) is 24.4. The number of carbonyl (C=O) groups is 2. The van der Waals surface area contributed by atoms with Crippen molar-refractivity contribution in [1.29, 1.82) is 0 Å². The number of rotatable bonds is 4. The van der Waals surface area contributed by atoms with E-state index in [2.05, 4.69) is 0 Å². The molecule has 0 radical (unpaired) electrons. The van der Waals surface area contributed by atoms with Crippen LogP contribution in [-0.2, 0) is 0 Å². The predicted octanol–water partition coefficient (Wildman–Crippen LogP) is 3.56. The van der Waals surface area contributed by atoms with E-state index in [0.717, 1.165) is 12.8 Å². The maximum Gasteiger partial charge on any atom is 0.225 e. The highest BCUT2D eigenvalue weighted by Gasteiger charge is 2.33. The van der Waals surface area contributed by atoms with E-state index >= 15 is 0 Å². The quantitative estimate of drug-likeness (QED) is 0.797. The topological polar surface area (TPSA) is 47.3 Å². The molecule has 1 aromatic rings. The predicted molar refractivity (Wildman–Crippen MR) is 64.2 cm³/mol. The van der Waals surface area contributed by atoms with Gasteiger partial charge in [0.15, 0.2) is 11.5 Å². The average molecular weight is 232 g/mol. The molecule has 0 N–H and O–H groups in total. The van der Waals surface area contributed by atoms with Crippen LogP contribution >= 0.6 is 0 Å². The van der Waals surface area contributed by atoms with Gasteiger partial charge in [0.1, 0.15) is 0 Å². The van der Waals surface area contributed by atoms with E-state index in [9.17, 15) is 9.59 Å². The van der Waals surface area contributed by atoms with Crippen LogP contribution in [0, 0.1) is 0 Å². The molecule has 0 unspecified atom stereocenters. The fourth-order valence-corrected chi connectivity index (χ4v) is 2.27. The molecule has 3 nitrogen and oxygen atoms in total. The van der Waals surface area contributed by atoms with Crippen molar-refractivity contribution in [2.45, 2.75) is 39.5 Å². The molecule has 0 saturated heterocycles. The van der Waals surface area contributed by atoms with Gasteiger partial charge in [0.2, 0.25) is 5.78 Å². The molecule has 0 amide bonds. The number of allylic oxidation sites excluding steroid dienone is 2. The number of furan rings is 1. The Balaban J connectivity index is 2.51. The molecule has 2 rings (SSSR count). The van der Waals surface area contributed by atoms with Crippen LogP contribution in [0.25, 0.3) is 0 Å². The first kappa shape index (κ1) is 11.8. The van der Waals surface area contributed by atoms with Gasteiger partial charge in [0, 0.05) is 11.1 Å². The molecule has 1 aromatic heterocycles. The molecule has 1 heterocycles. The van der Waals surface area contributed by atoms with Crippen molar-refractivity contribution in [2.75, 3.05) is 0 Å². The Morgan fingerprint density at radius 3 is 2.18 bits per heavy atom. The Kier molecular flexibility index (Phi) is 3.27. The molecule has 3 heteroatoms. The lowest BCUT2D eigenvalue weighted by Gasteiger charge is -2.17. The van der Waals surface area contributed by atoms with Gasteiger partial charge in [0.25, 0.3) is 0 Å². The summed E-state index contributed by atoms with van der Waals surface area (Å²) in [5.41, 5.74) is 1.77. The minimum absolute atomic E-state index is 0.0290. The van der Waals surface area contributed by atoms with Crippen molar-refractivity contribution >= 4 is 11.6 Å². The summed E-state index contributed by atoms with van der Waals surface area (Å²) < 4.78 is 5.14. The Morgan fingerprint density at radius 1 is 1.00 bits per heavy atom. The summed E-state index contributed by atoms with van der Waals surface area (Å²) in [7, 11) is 0. The van der Waals surface area contributed by atoms with E-state index in [0.29, 0.717) is 29.6 Å². The minimum atomic E-state index is -0.102. The van der Waals surface area contributed by atoms with Crippen LogP contribution in [-0.4, -0.2) is 11.6 Å². The molecule has 0 aromatic carbocycles. The Hall–Kier alpha value is -1.64. The van der Waals surface area contributed by atoms with Gasteiger partial charge in [-0.3, -0.25) is 9.59 Å². The zero-order valence-electron chi connectivity index (χ0n) is 10.2. The van der Waals surface area contributed by atoms with Crippen LogP contribution in [0.15, 0.2) is 27.9 Å². The molecule has 0 fully saturated rings. The molecular weight excluding hydrogens is 216 g/mol. The van der Waals surface area contributed by atoms with Gasteiger partial charge >= 0.3 is 0 Å². The third-order valence-electron chi connectivity index (χ3n) is 3.03. The van der Waals surface area contributed by atoms with Gasteiger partial charge < -0.3 is 4.42 Å². The van der Waals surface area contributed by atoms with Gasteiger partial charge in [-0.15, -0.1) is 0 Å². The highest BCUT2D eigenvalue weighted by Crippen LogP contribution is 2.31. The standard InChI is InChI=1S/C14H16O3/c1-3-5-9-10(6-4-2)13(16)14-11(12(9)15)7-8-17-14/h7-8H,3-6H2,1-2H3. The Bertz CT molecular complexity index is 449. The van der Waals surface area contributed by atoms with E-state index in [1.165, 1.54) is 6.26 Å². The van der Waals surface area contributed by atoms with E-state index in [-0.39, 0.29) is 17.3 Å². The molecule has 0 bridgehead atoms. The molecule has 1 aliphatic rings. The fraction of sp³-hybridized carbons (Fsp3) is 0.429. The number of hydrogen-bond acceptors (Lipinski definition) is 3. The Morgan fingerprint density at radius 2 is 1.59 bits per heavy atom. The zero-order chi connectivity index (χ0) is 12.4. The van der Waals surface area contributed by atoms with Gasteiger partial charge in [0.05, 0.1) is 11.8 Å². The maximum atomic E-state index is 12.2. The lowest BCUT2D eigenvalue weighted by molar-refractivity contribution is 0.0949. The monoisotopic (exact) mass is 232 g/mol. The summed E-state index contributed by atoms with van der Waals surface area (Å²) in [6.07, 6.45) is 4.47. The first-order valence-electron chi connectivity index (χ1n) is 6.09. The van der Waals surface area contributed by atoms with E-state index in [4.69, 9.17) is 4.42 Å². The summed E-state index contributed by atoms with van der Waals surface area (Å²) in [5, 5.41) is 0. The van der Waals surface area contributed by atoms with Crippen molar-refractivity contribution in [3.63, 3.8) is 0 Å². The largest absolute Gasteiger partial charge is 0.460 e. The van der Waals surface area contributed by atoms with E-state index in [1.54, 1.807) is 6.07 Å². The van der Waals surface area contributed by atoms with Crippen molar-refractivity contribution in [3.8, 4) is 0 Å². The average Bonchev–Trinajstić information content (AvgIpc) is 2.80. The summed E-state index contributed by atoms with van der Waals surface area (Å²) in [6, 6.07) is 1.59. The molecule has 0 saturated carbocycles. The number of hydrogen-bond donors (Lipinski definition) is 0. The maximum absolute atomic E-state index is 12.2. The van der Waals surface area contributed by atoms with Gasteiger partial charge in [-0.2, -0.15) is 0 Å². The Labute approximate surface area is 101 Å². The first-order valence-corrected chi connectivity index (χ1v) is 6.09. The van der Waals surface area contributed by atoms with Gasteiger partial charge in [-0.05, 0) is 18.9 Å². The molecule has 1 aliphatic carbocycles. The van der Waals surface area contributed by atoms with E-state index < -0.39 is 0 Å². The SMILES string of the molecule is CCCC1=C(CCC)C(=O)c2occc2C1=O. The number of ketones is 2. The van der Waals surface area contributed by atoms with Crippen molar-refractivity contribution in [3.05, 3.63) is 34.8 Å². The zero-order valence-corrected chi connectivity index (χ0v) is 10.2. The van der Waals surface area contributed by atoms with Crippen LogP contribution in [0.2, 0.25) is 0 Å². The van der Waals surface area contributed by atoms with E-state index in [1.807, 2.05) is 13.8 Å². The van der Waals surface area contributed by atoms with Crippen molar-refractivity contribution in [2.24, 2.45) is 0 Å².